The number of anilines is 2. The Labute approximate surface area is 115 Å². The van der Waals surface area contributed by atoms with Gasteiger partial charge in [0.05, 0.1) is 23.2 Å². The molecule has 96 valence electrons. The Morgan fingerprint density at radius 3 is 2.78 bits per heavy atom. The number of rotatable bonds is 4. The fourth-order valence-corrected chi connectivity index (χ4v) is 2.61. The smallest absolute Gasteiger partial charge is 0.238 e. The van der Waals surface area contributed by atoms with Gasteiger partial charge in [0, 0.05) is 4.88 Å². The van der Waals surface area contributed by atoms with Gasteiger partial charge in [-0.2, -0.15) is 4.98 Å². The molecule has 0 aliphatic rings. The SMILES string of the molecule is COc1nc(NC(C)c2ccc(Cl)s2)ccc1N. The Kier molecular flexibility index (Phi) is 3.93. The lowest BCUT2D eigenvalue weighted by atomic mass is 10.2. The van der Waals surface area contributed by atoms with Gasteiger partial charge in [0.15, 0.2) is 0 Å². The van der Waals surface area contributed by atoms with E-state index >= 15 is 0 Å². The van der Waals surface area contributed by atoms with Crippen molar-refractivity contribution in [2.45, 2.75) is 13.0 Å². The first-order chi connectivity index (χ1) is 8.60. The van der Waals surface area contributed by atoms with E-state index in [0.29, 0.717) is 11.6 Å². The van der Waals surface area contributed by atoms with Gasteiger partial charge in [-0.15, -0.1) is 11.3 Å². The zero-order valence-corrected chi connectivity index (χ0v) is 11.7. The molecule has 0 aliphatic carbocycles. The van der Waals surface area contributed by atoms with Crippen LogP contribution in [0.2, 0.25) is 4.34 Å². The maximum Gasteiger partial charge on any atom is 0.238 e. The maximum atomic E-state index is 5.91. The molecule has 3 N–H and O–H groups in total. The average molecular weight is 284 g/mol. The third-order valence-electron chi connectivity index (χ3n) is 2.47. The van der Waals surface area contributed by atoms with E-state index in [1.165, 1.54) is 0 Å². The van der Waals surface area contributed by atoms with Crippen LogP contribution in [0.15, 0.2) is 24.3 Å². The number of hydrogen-bond acceptors (Lipinski definition) is 5. The van der Waals surface area contributed by atoms with Crippen LogP contribution in [0, 0.1) is 0 Å². The summed E-state index contributed by atoms with van der Waals surface area (Å²) in [5, 5.41) is 3.28. The molecule has 2 heterocycles. The summed E-state index contributed by atoms with van der Waals surface area (Å²) in [7, 11) is 1.55. The number of ether oxygens (including phenoxy) is 1. The first-order valence-electron chi connectivity index (χ1n) is 5.42. The zero-order chi connectivity index (χ0) is 13.1. The molecule has 0 radical (unpaired) electrons. The minimum atomic E-state index is 0.128. The maximum absolute atomic E-state index is 5.91. The summed E-state index contributed by atoms with van der Waals surface area (Å²) in [5.41, 5.74) is 6.24. The van der Waals surface area contributed by atoms with Gasteiger partial charge in [-0.05, 0) is 31.2 Å². The van der Waals surface area contributed by atoms with Crippen molar-refractivity contribution in [3.8, 4) is 5.88 Å². The van der Waals surface area contributed by atoms with E-state index in [1.54, 1.807) is 24.5 Å². The van der Waals surface area contributed by atoms with Crippen LogP contribution in [0.5, 0.6) is 5.88 Å². The molecule has 0 aliphatic heterocycles. The zero-order valence-electron chi connectivity index (χ0n) is 10.1. The summed E-state index contributed by atoms with van der Waals surface area (Å²) in [4.78, 5) is 5.43. The molecular formula is C12H14ClN3OS. The van der Waals surface area contributed by atoms with Crippen LogP contribution >= 0.6 is 22.9 Å². The molecule has 4 nitrogen and oxygen atoms in total. The summed E-state index contributed by atoms with van der Waals surface area (Å²) in [6.07, 6.45) is 0. The first-order valence-corrected chi connectivity index (χ1v) is 6.62. The quantitative estimate of drug-likeness (QED) is 0.901. The predicted octanol–water partition coefficient (Wildman–Crippen LogP) is 3.56. The lowest BCUT2D eigenvalue weighted by Gasteiger charge is -2.14. The largest absolute Gasteiger partial charge is 0.479 e. The van der Waals surface area contributed by atoms with Gasteiger partial charge in [-0.25, -0.2) is 0 Å². The van der Waals surface area contributed by atoms with Crippen molar-refractivity contribution in [3.63, 3.8) is 0 Å². The molecule has 0 saturated heterocycles. The lowest BCUT2D eigenvalue weighted by molar-refractivity contribution is 0.401. The highest BCUT2D eigenvalue weighted by molar-refractivity contribution is 7.16. The number of nitrogens with zero attached hydrogens (tertiary/aromatic N) is 1. The van der Waals surface area contributed by atoms with E-state index < -0.39 is 0 Å². The van der Waals surface area contributed by atoms with Crippen molar-refractivity contribution < 1.29 is 4.74 Å². The highest BCUT2D eigenvalue weighted by atomic mass is 35.5. The van der Waals surface area contributed by atoms with Gasteiger partial charge >= 0.3 is 0 Å². The number of aromatic nitrogens is 1. The van der Waals surface area contributed by atoms with Gasteiger partial charge in [-0.1, -0.05) is 11.6 Å². The molecular weight excluding hydrogens is 270 g/mol. The molecule has 0 saturated carbocycles. The van der Waals surface area contributed by atoms with Crippen molar-refractivity contribution in [1.29, 1.82) is 0 Å². The van der Waals surface area contributed by atoms with E-state index in [1.807, 2.05) is 25.1 Å². The molecule has 0 fully saturated rings. The fourth-order valence-electron chi connectivity index (χ4n) is 1.55. The standard InChI is InChI=1S/C12H14ClN3OS/c1-7(9-4-5-10(13)18-9)15-11-6-3-8(14)12(16-11)17-2/h3-7H,14H2,1-2H3,(H,15,16). The summed E-state index contributed by atoms with van der Waals surface area (Å²) < 4.78 is 5.86. The summed E-state index contributed by atoms with van der Waals surface area (Å²) in [6, 6.07) is 7.60. The van der Waals surface area contributed by atoms with Gasteiger partial charge in [0.1, 0.15) is 5.82 Å². The molecule has 0 spiro atoms. The van der Waals surface area contributed by atoms with Crippen LogP contribution < -0.4 is 15.8 Å². The fraction of sp³-hybridized carbons (Fsp3) is 0.250. The Bertz CT molecular complexity index is 544. The second-order valence-electron chi connectivity index (χ2n) is 3.80. The van der Waals surface area contributed by atoms with Crippen molar-refractivity contribution in [1.82, 2.24) is 4.98 Å². The molecule has 0 bridgehead atoms. The Balaban J connectivity index is 2.14. The number of halogens is 1. The number of hydrogen-bond donors (Lipinski definition) is 2. The minimum Gasteiger partial charge on any atom is -0.479 e. The molecule has 1 atom stereocenters. The normalized spacial score (nSPS) is 12.2. The van der Waals surface area contributed by atoms with Gasteiger partial charge in [-0.3, -0.25) is 0 Å². The first kappa shape index (κ1) is 13.0. The highest BCUT2D eigenvalue weighted by Gasteiger charge is 2.10. The van der Waals surface area contributed by atoms with E-state index in [9.17, 15) is 0 Å². The monoisotopic (exact) mass is 283 g/mol. The number of nitrogen functional groups attached to an aromatic ring is 1. The van der Waals surface area contributed by atoms with Crippen LogP contribution in [-0.2, 0) is 0 Å². The minimum absolute atomic E-state index is 0.128. The lowest BCUT2D eigenvalue weighted by Crippen LogP contribution is -2.07. The van der Waals surface area contributed by atoms with Crippen molar-refractivity contribution in [2.24, 2.45) is 0 Å². The Morgan fingerprint density at radius 2 is 2.17 bits per heavy atom. The molecule has 1 unspecified atom stereocenters. The van der Waals surface area contributed by atoms with Crippen LogP contribution in [-0.4, -0.2) is 12.1 Å². The van der Waals surface area contributed by atoms with E-state index in [-0.39, 0.29) is 6.04 Å². The molecule has 2 rings (SSSR count). The Morgan fingerprint density at radius 1 is 1.39 bits per heavy atom. The Hall–Kier alpha value is -1.46. The van der Waals surface area contributed by atoms with Crippen LogP contribution in [0.25, 0.3) is 0 Å². The number of thiophene rings is 1. The third-order valence-corrected chi connectivity index (χ3v) is 3.88. The van der Waals surface area contributed by atoms with Crippen molar-refractivity contribution in [3.05, 3.63) is 33.5 Å². The molecule has 6 heteroatoms. The third kappa shape index (κ3) is 2.86. The van der Waals surface area contributed by atoms with Gasteiger partial charge in [0.25, 0.3) is 0 Å². The average Bonchev–Trinajstić information content (AvgIpc) is 2.78. The van der Waals surface area contributed by atoms with Gasteiger partial charge in [0.2, 0.25) is 5.88 Å². The van der Waals surface area contributed by atoms with Crippen molar-refractivity contribution >= 4 is 34.4 Å². The van der Waals surface area contributed by atoms with Crippen LogP contribution in [0.1, 0.15) is 17.8 Å². The molecule has 0 amide bonds. The van der Waals surface area contributed by atoms with Crippen LogP contribution in [0.4, 0.5) is 11.5 Å². The van der Waals surface area contributed by atoms with Gasteiger partial charge < -0.3 is 15.8 Å². The molecule has 2 aromatic rings. The van der Waals surface area contributed by atoms with Crippen LogP contribution in [0.3, 0.4) is 0 Å². The molecule has 0 aromatic carbocycles. The molecule has 2 aromatic heterocycles. The summed E-state index contributed by atoms with van der Waals surface area (Å²) in [5.74, 6) is 1.15. The van der Waals surface area contributed by atoms with Crippen molar-refractivity contribution in [2.75, 3.05) is 18.2 Å². The highest BCUT2D eigenvalue weighted by Crippen LogP contribution is 2.29. The summed E-state index contributed by atoms with van der Waals surface area (Å²) >= 11 is 7.46. The topological polar surface area (TPSA) is 60.2 Å². The van der Waals surface area contributed by atoms with E-state index in [0.717, 1.165) is 15.0 Å². The predicted molar refractivity (Wildman–Crippen MR) is 76.6 cm³/mol. The number of nitrogens with two attached hydrogens (primary N) is 1. The molecule has 18 heavy (non-hydrogen) atoms. The van der Waals surface area contributed by atoms with E-state index in [2.05, 4.69) is 10.3 Å². The number of pyridine rings is 1. The second kappa shape index (κ2) is 5.46. The van der Waals surface area contributed by atoms with E-state index in [4.69, 9.17) is 22.1 Å². The number of methoxy groups -OCH3 is 1. The number of nitrogens with one attached hydrogen (secondary N) is 1. The second-order valence-corrected chi connectivity index (χ2v) is 5.55. The summed E-state index contributed by atoms with van der Waals surface area (Å²) in [6.45, 7) is 2.05.